The second kappa shape index (κ2) is 6.63. The summed E-state index contributed by atoms with van der Waals surface area (Å²) in [6.45, 7) is 8.02. The fourth-order valence-corrected chi connectivity index (χ4v) is 4.32. The Bertz CT molecular complexity index is 402. The van der Waals surface area contributed by atoms with Crippen molar-refractivity contribution in [2.24, 2.45) is 10.8 Å². The van der Waals surface area contributed by atoms with Gasteiger partial charge in [0, 0.05) is 38.1 Å². The number of amides is 1. The Kier molecular flexibility index (Phi) is 5.42. The predicted molar refractivity (Wildman–Crippen MR) is 87.1 cm³/mol. The van der Waals surface area contributed by atoms with E-state index >= 15 is 0 Å². The smallest absolute Gasteiger partial charge is 0.229 e. The molecule has 3 unspecified atom stereocenters. The number of aliphatic hydroxyl groups is 1. The average molecular weight is 333 g/mol. The first-order valence-electron chi connectivity index (χ1n) is 8.32. The topological polar surface area (TPSA) is 61.8 Å². The third-order valence-electron chi connectivity index (χ3n) is 5.98. The van der Waals surface area contributed by atoms with Crippen LogP contribution in [-0.2, 0) is 9.53 Å². The van der Waals surface area contributed by atoms with E-state index in [1.54, 1.807) is 0 Å². The van der Waals surface area contributed by atoms with Gasteiger partial charge in [-0.15, -0.1) is 12.4 Å². The summed E-state index contributed by atoms with van der Waals surface area (Å²) >= 11 is 0. The van der Waals surface area contributed by atoms with Crippen LogP contribution in [0.15, 0.2) is 0 Å². The van der Waals surface area contributed by atoms with Crippen molar-refractivity contribution in [3.8, 4) is 0 Å². The molecule has 2 saturated heterocycles. The van der Waals surface area contributed by atoms with Gasteiger partial charge in [0.2, 0.25) is 5.91 Å². The van der Waals surface area contributed by atoms with Crippen LogP contribution in [0.4, 0.5) is 0 Å². The highest BCUT2D eigenvalue weighted by Gasteiger charge is 2.56. The molecule has 3 aliphatic rings. The Hall–Kier alpha value is -0.360. The minimum Gasteiger partial charge on any atom is -0.392 e. The van der Waals surface area contributed by atoms with E-state index in [1.165, 1.54) is 0 Å². The molecule has 2 N–H and O–H groups in total. The van der Waals surface area contributed by atoms with Gasteiger partial charge in [-0.3, -0.25) is 4.79 Å². The Balaban J connectivity index is 0.00000176. The lowest BCUT2D eigenvalue weighted by atomic mass is 9.58. The number of hydrogen-bond donors (Lipinski definition) is 2. The molecule has 6 heteroatoms. The summed E-state index contributed by atoms with van der Waals surface area (Å²) in [4.78, 5) is 14.7. The number of rotatable bonds is 3. The quantitative estimate of drug-likeness (QED) is 0.815. The minimum atomic E-state index is -0.255. The molecule has 0 radical (unpaired) electrons. The maximum Gasteiger partial charge on any atom is 0.229 e. The molecule has 0 aromatic heterocycles. The zero-order chi connectivity index (χ0) is 15.1. The summed E-state index contributed by atoms with van der Waals surface area (Å²) < 4.78 is 5.78. The van der Waals surface area contributed by atoms with E-state index in [0.29, 0.717) is 6.61 Å². The molecule has 1 spiro atoms. The number of nitrogens with zero attached hydrogens (tertiary/aromatic N) is 1. The van der Waals surface area contributed by atoms with Crippen molar-refractivity contribution in [1.29, 1.82) is 0 Å². The van der Waals surface area contributed by atoms with Gasteiger partial charge in [-0.2, -0.15) is 0 Å². The van der Waals surface area contributed by atoms with Crippen molar-refractivity contribution in [3.05, 3.63) is 0 Å². The lowest BCUT2D eigenvalue weighted by molar-refractivity contribution is -0.211. The largest absolute Gasteiger partial charge is 0.392 e. The Morgan fingerprint density at radius 1 is 1.36 bits per heavy atom. The normalized spacial score (nSPS) is 36.8. The van der Waals surface area contributed by atoms with Gasteiger partial charge in [0.05, 0.1) is 17.6 Å². The molecule has 2 heterocycles. The summed E-state index contributed by atoms with van der Waals surface area (Å²) in [6.07, 6.45) is 3.34. The molecule has 1 aliphatic carbocycles. The first-order valence-corrected chi connectivity index (χ1v) is 8.32. The molecule has 3 atom stereocenters. The molecule has 0 bridgehead atoms. The number of nitrogens with one attached hydrogen (secondary N) is 1. The van der Waals surface area contributed by atoms with Crippen LogP contribution in [0.3, 0.4) is 0 Å². The van der Waals surface area contributed by atoms with Crippen LogP contribution in [0, 0.1) is 10.8 Å². The average Bonchev–Trinajstić information content (AvgIpc) is 2.94. The standard InChI is InChI=1S/C16H28N2O3.ClH/c1-3-21-13-10-12(19)16(13)5-8-18(9-6-16)14(20)15(2)4-7-17-11-15;/h12-13,17,19H,3-11H2,1-2H3;1H. The monoisotopic (exact) mass is 332 g/mol. The third-order valence-corrected chi connectivity index (χ3v) is 5.98. The van der Waals surface area contributed by atoms with E-state index in [1.807, 2.05) is 11.8 Å². The number of piperidine rings is 1. The Morgan fingerprint density at radius 2 is 2.05 bits per heavy atom. The van der Waals surface area contributed by atoms with Gasteiger partial charge in [0.15, 0.2) is 0 Å². The van der Waals surface area contributed by atoms with Crippen LogP contribution in [-0.4, -0.2) is 60.9 Å². The lowest BCUT2D eigenvalue weighted by Gasteiger charge is -2.57. The SMILES string of the molecule is CCOC1CC(O)C12CCN(C(=O)C1(C)CCNC1)CC2.Cl. The summed E-state index contributed by atoms with van der Waals surface area (Å²) in [5, 5.41) is 13.5. The summed E-state index contributed by atoms with van der Waals surface area (Å²) in [6, 6.07) is 0. The zero-order valence-corrected chi connectivity index (χ0v) is 14.5. The van der Waals surface area contributed by atoms with E-state index in [4.69, 9.17) is 4.74 Å². The van der Waals surface area contributed by atoms with Gasteiger partial charge >= 0.3 is 0 Å². The molecule has 3 rings (SSSR count). The fraction of sp³-hybridized carbons (Fsp3) is 0.938. The van der Waals surface area contributed by atoms with Crippen LogP contribution in [0.1, 0.15) is 39.5 Å². The minimum absolute atomic E-state index is 0. The molecule has 2 aliphatic heterocycles. The number of carbonyl (C=O) groups excluding carboxylic acids is 1. The molecule has 0 aromatic rings. The van der Waals surface area contributed by atoms with E-state index in [2.05, 4.69) is 12.2 Å². The molecular formula is C16H29ClN2O3. The highest BCUT2D eigenvalue weighted by atomic mass is 35.5. The van der Waals surface area contributed by atoms with Crippen molar-refractivity contribution in [2.45, 2.75) is 51.7 Å². The first kappa shape index (κ1) is 18.0. The molecule has 3 fully saturated rings. The lowest BCUT2D eigenvalue weighted by Crippen LogP contribution is -2.63. The number of carbonyl (C=O) groups is 1. The van der Waals surface area contributed by atoms with Crippen LogP contribution in [0.2, 0.25) is 0 Å². The van der Waals surface area contributed by atoms with E-state index in [9.17, 15) is 9.90 Å². The van der Waals surface area contributed by atoms with Gasteiger partial charge in [0.1, 0.15) is 0 Å². The van der Waals surface area contributed by atoms with Gasteiger partial charge in [-0.1, -0.05) is 0 Å². The number of halogens is 1. The van der Waals surface area contributed by atoms with Crippen LogP contribution < -0.4 is 5.32 Å². The van der Waals surface area contributed by atoms with Crippen molar-refractivity contribution in [3.63, 3.8) is 0 Å². The molecule has 1 amide bonds. The molecule has 128 valence electrons. The summed E-state index contributed by atoms with van der Waals surface area (Å²) in [5.74, 6) is 0.282. The van der Waals surface area contributed by atoms with Crippen LogP contribution in [0.5, 0.6) is 0 Å². The number of ether oxygens (including phenoxy) is 1. The molecular weight excluding hydrogens is 304 g/mol. The van der Waals surface area contributed by atoms with Gasteiger partial charge in [-0.25, -0.2) is 0 Å². The molecule has 0 aromatic carbocycles. The van der Waals surface area contributed by atoms with E-state index in [0.717, 1.165) is 51.9 Å². The highest BCUT2D eigenvalue weighted by molar-refractivity contribution is 5.85. The summed E-state index contributed by atoms with van der Waals surface area (Å²) in [7, 11) is 0. The fourth-order valence-electron chi connectivity index (χ4n) is 4.32. The van der Waals surface area contributed by atoms with Crippen LogP contribution in [0.25, 0.3) is 0 Å². The predicted octanol–water partition coefficient (Wildman–Crippen LogP) is 1.19. The van der Waals surface area contributed by atoms with E-state index < -0.39 is 0 Å². The van der Waals surface area contributed by atoms with Gasteiger partial charge < -0.3 is 20.1 Å². The highest BCUT2D eigenvalue weighted by Crippen LogP contribution is 2.51. The molecule has 1 saturated carbocycles. The number of hydrogen-bond acceptors (Lipinski definition) is 4. The van der Waals surface area contributed by atoms with Crippen LogP contribution >= 0.6 is 12.4 Å². The zero-order valence-electron chi connectivity index (χ0n) is 13.6. The van der Waals surface area contributed by atoms with Crippen molar-refractivity contribution < 1.29 is 14.6 Å². The molecule has 22 heavy (non-hydrogen) atoms. The summed E-state index contributed by atoms with van der Waals surface area (Å²) in [5.41, 5.74) is -0.330. The van der Waals surface area contributed by atoms with Gasteiger partial charge in [-0.05, 0) is 39.7 Å². The maximum atomic E-state index is 12.7. The van der Waals surface area contributed by atoms with Gasteiger partial charge in [0.25, 0.3) is 0 Å². The number of likely N-dealkylation sites (tertiary alicyclic amines) is 1. The number of aliphatic hydroxyl groups excluding tert-OH is 1. The Morgan fingerprint density at radius 3 is 2.55 bits per heavy atom. The third kappa shape index (κ3) is 2.77. The van der Waals surface area contributed by atoms with Crippen molar-refractivity contribution >= 4 is 18.3 Å². The second-order valence-corrected chi connectivity index (χ2v) is 7.21. The second-order valence-electron chi connectivity index (χ2n) is 7.21. The van der Waals surface area contributed by atoms with Crippen molar-refractivity contribution in [2.75, 3.05) is 32.8 Å². The maximum absolute atomic E-state index is 12.7. The Labute approximate surface area is 139 Å². The molecule has 5 nitrogen and oxygen atoms in total. The van der Waals surface area contributed by atoms with E-state index in [-0.39, 0.29) is 41.4 Å². The first-order chi connectivity index (χ1) is 10.0. The van der Waals surface area contributed by atoms with Crippen molar-refractivity contribution in [1.82, 2.24) is 10.2 Å².